The molecule has 9 heteroatoms. The van der Waals surface area contributed by atoms with E-state index in [9.17, 15) is 17.6 Å². The van der Waals surface area contributed by atoms with E-state index < -0.39 is 27.8 Å². The molecule has 0 spiro atoms. The van der Waals surface area contributed by atoms with Crippen molar-refractivity contribution in [3.05, 3.63) is 114 Å². The Morgan fingerprint density at radius 3 is 2.39 bits per heavy atom. The molecule has 168 valence electrons. The number of imidazole rings is 1. The van der Waals surface area contributed by atoms with E-state index in [1.54, 1.807) is 12.4 Å². The number of nitrogens with one attached hydrogen (secondary N) is 2. The summed E-state index contributed by atoms with van der Waals surface area (Å²) in [6.45, 7) is 0. The second-order valence-electron chi connectivity index (χ2n) is 7.35. The smallest absolute Gasteiger partial charge is 0.261 e. The third-order valence-corrected chi connectivity index (χ3v) is 6.41. The van der Waals surface area contributed by atoms with Crippen molar-refractivity contribution in [3.8, 4) is 0 Å². The van der Waals surface area contributed by atoms with Gasteiger partial charge in [-0.2, -0.15) is 0 Å². The van der Waals surface area contributed by atoms with Crippen molar-refractivity contribution in [1.29, 1.82) is 0 Å². The summed E-state index contributed by atoms with van der Waals surface area (Å²) in [5, 5.41) is 2.95. The third-order valence-electron chi connectivity index (χ3n) is 5.03. The largest absolute Gasteiger partial charge is 0.338 e. The summed E-state index contributed by atoms with van der Waals surface area (Å²) in [5.74, 6) is -0.292. The number of carbonyl (C=O) groups is 1. The van der Waals surface area contributed by atoms with Crippen molar-refractivity contribution < 1.29 is 17.6 Å². The Morgan fingerprint density at radius 2 is 1.73 bits per heavy atom. The summed E-state index contributed by atoms with van der Waals surface area (Å²) in [4.78, 5) is 17.4. The van der Waals surface area contributed by atoms with Crippen molar-refractivity contribution >= 4 is 21.6 Å². The second kappa shape index (κ2) is 9.25. The SMILES string of the molecule is Cn1ccnc1C(NC(=O)c1cccc(S(=O)(=O)Nc2ccc(F)cc2)c1)c1ccccc1. The Hall–Kier alpha value is -3.98. The quantitative estimate of drug-likeness (QED) is 0.434. The first kappa shape index (κ1) is 22.2. The van der Waals surface area contributed by atoms with Crippen LogP contribution in [0.2, 0.25) is 0 Å². The van der Waals surface area contributed by atoms with Crippen molar-refractivity contribution in [2.75, 3.05) is 4.72 Å². The molecule has 1 amide bonds. The molecular formula is C24H21FN4O3S. The van der Waals surface area contributed by atoms with Crippen LogP contribution in [0.4, 0.5) is 10.1 Å². The summed E-state index contributed by atoms with van der Waals surface area (Å²) >= 11 is 0. The number of amides is 1. The zero-order chi connectivity index (χ0) is 23.4. The fourth-order valence-electron chi connectivity index (χ4n) is 3.35. The first-order valence-corrected chi connectivity index (χ1v) is 11.5. The lowest BCUT2D eigenvalue weighted by Crippen LogP contribution is -2.31. The van der Waals surface area contributed by atoms with Gasteiger partial charge < -0.3 is 9.88 Å². The molecule has 0 bridgehead atoms. The van der Waals surface area contributed by atoms with Gasteiger partial charge in [-0.1, -0.05) is 36.4 Å². The number of nitrogens with zero attached hydrogens (tertiary/aromatic N) is 2. The Balaban J connectivity index is 1.60. The van der Waals surface area contributed by atoms with E-state index in [0.717, 1.165) is 17.7 Å². The Morgan fingerprint density at radius 1 is 1.00 bits per heavy atom. The zero-order valence-corrected chi connectivity index (χ0v) is 18.5. The number of aromatic nitrogens is 2. The number of rotatable bonds is 7. The molecule has 1 unspecified atom stereocenters. The Bertz CT molecular complexity index is 1370. The predicted molar refractivity (Wildman–Crippen MR) is 123 cm³/mol. The highest BCUT2D eigenvalue weighted by Crippen LogP contribution is 2.22. The van der Waals surface area contributed by atoms with Crippen molar-refractivity contribution in [2.45, 2.75) is 10.9 Å². The van der Waals surface area contributed by atoms with Gasteiger partial charge in [0, 0.05) is 30.7 Å². The van der Waals surface area contributed by atoms with Crippen molar-refractivity contribution in [1.82, 2.24) is 14.9 Å². The van der Waals surface area contributed by atoms with Gasteiger partial charge in [-0.3, -0.25) is 9.52 Å². The number of carbonyl (C=O) groups excluding carboxylic acids is 1. The van der Waals surface area contributed by atoms with Gasteiger partial charge in [-0.25, -0.2) is 17.8 Å². The van der Waals surface area contributed by atoms with Gasteiger partial charge in [0.25, 0.3) is 15.9 Å². The molecule has 0 aliphatic heterocycles. The molecule has 0 saturated heterocycles. The summed E-state index contributed by atoms with van der Waals surface area (Å²) in [5.41, 5.74) is 1.22. The van der Waals surface area contributed by atoms with E-state index >= 15 is 0 Å². The predicted octanol–water partition coefficient (Wildman–Crippen LogP) is 3.88. The number of hydrogen-bond acceptors (Lipinski definition) is 4. The van der Waals surface area contributed by atoms with E-state index in [1.165, 1.54) is 36.4 Å². The van der Waals surface area contributed by atoms with Crippen LogP contribution in [0.3, 0.4) is 0 Å². The number of halogens is 1. The molecule has 2 N–H and O–H groups in total. The summed E-state index contributed by atoms with van der Waals surface area (Å²) in [6, 6.07) is 19.5. The van der Waals surface area contributed by atoms with Crippen LogP contribution in [0.15, 0.2) is 96.2 Å². The van der Waals surface area contributed by atoms with Crippen LogP contribution in [-0.4, -0.2) is 23.9 Å². The molecule has 3 aromatic carbocycles. The van der Waals surface area contributed by atoms with Crippen molar-refractivity contribution in [2.24, 2.45) is 7.05 Å². The van der Waals surface area contributed by atoms with Gasteiger partial charge in [0.15, 0.2) is 0 Å². The number of anilines is 1. The minimum atomic E-state index is -3.98. The first-order chi connectivity index (χ1) is 15.8. The first-order valence-electron chi connectivity index (χ1n) is 10.0. The van der Waals surface area contributed by atoms with Crippen LogP contribution in [0.25, 0.3) is 0 Å². The van der Waals surface area contributed by atoms with E-state index in [2.05, 4.69) is 15.0 Å². The van der Waals surface area contributed by atoms with Crippen LogP contribution >= 0.6 is 0 Å². The van der Waals surface area contributed by atoms with Gasteiger partial charge in [0.2, 0.25) is 0 Å². The summed E-state index contributed by atoms with van der Waals surface area (Å²) < 4.78 is 42.9. The molecule has 0 saturated carbocycles. The monoisotopic (exact) mass is 464 g/mol. The zero-order valence-electron chi connectivity index (χ0n) is 17.6. The highest BCUT2D eigenvalue weighted by molar-refractivity contribution is 7.92. The second-order valence-corrected chi connectivity index (χ2v) is 9.04. The lowest BCUT2D eigenvalue weighted by molar-refractivity contribution is 0.0941. The number of aryl methyl sites for hydroxylation is 1. The number of benzene rings is 3. The third kappa shape index (κ3) is 5.09. The van der Waals surface area contributed by atoms with Crippen LogP contribution < -0.4 is 10.0 Å². The molecule has 1 heterocycles. The maximum Gasteiger partial charge on any atom is 0.261 e. The number of sulfonamides is 1. The standard InChI is InChI=1S/C24H21FN4O3S/c1-29-15-14-26-23(29)22(17-6-3-2-4-7-17)27-24(30)18-8-5-9-21(16-18)33(31,32)28-20-12-10-19(25)11-13-20/h2-16,22,28H,1H3,(H,27,30). The summed E-state index contributed by atoms with van der Waals surface area (Å²) in [6.07, 6.45) is 3.43. The molecule has 0 radical (unpaired) electrons. The normalized spacial score (nSPS) is 12.2. The van der Waals surface area contributed by atoms with Crippen LogP contribution in [0.5, 0.6) is 0 Å². The van der Waals surface area contributed by atoms with Crippen LogP contribution in [0, 0.1) is 5.82 Å². The van der Waals surface area contributed by atoms with E-state index in [4.69, 9.17) is 0 Å². The fourth-order valence-corrected chi connectivity index (χ4v) is 4.45. The van der Waals surface area contributed by atoms with Crippen molar-refractivity contribution in [3.63, 3.8) is 0 Å². The van der Waals surface area contributed by atoms with Gasteiger partial charge >= 0.3 is 0 Å². The van der Waals surface area contributed by atoms with E-state index in [-0.39, 0.29) is 16.1 Å². The molecule has 1 aromatic heterocycles. The Kier molecular flexibility index (Phi) is 6.23. The maximum atomic E-state index is 13.1. The average Bonchev–Trinajstić information content (AvgIpc) is 3.25. The molecule has 4 rings (SSSR count). The average molecular weight is 465 g/mol. The minimum Gasteiger partial charge on any atom is -0.338 e. The molecule has 4 aromatic rings. The van der Waals surface area contributed by atoms with Gasteiger partial charge in [-0.15, -0.1) is 0 Å². The molecule has 0 aliphatic carbocycles. The topological polar surface area (TPSA) is 93.1 Å². The van der Waals surface area contributed by atoms with E-state index in [1.807, 2.05) is 41.9 Å². The lowest BCUT2D eigenvalue weighted by Gasteiger charge is -2.19. The van der Waals surface area contributed by atoms with Gasteiger partial charge in [0.05, 0.1) is 4.90 Å². The number of hydrogen-bond donors (Lipinski definition) is 2. The molecule has 0 fully saturated rings. The highest BCUT2D eigenvalue weighted by Gasteiger charge is 2.22. The molecular weight excluding hydrogens is 443 g/mol. The highest BCUT2D eigenvalue weighted by atomic mass is 32.2. The molecule has 1 atom stereocenters. The van der Waals surface area contributed by atoms with Gasteiger partial charge in [-0.05, 0) is 48.0 Å². The molecule has 7 nitrogen and oxygen atoms in total. The van der Waals surface area contributed by atoms with E-state index in [0.29, 0.717) is 5.82 Å². The van der Waals surface area contributed by atoms with Crippen LogP contribution in [0.1, 0.15) is 27.8 Å². The summed E-state index contributed by atoms with van der Waals surface area (Å²) in [7, 11) is -2.15. The molecule has 33 heavy (non-hydrogen) atoms. The minimum absolute atomic E-state index is 0.0901. The lowest BCUT2D eigenvalue weighted by atomic mass is 10.1. The molecule has 0 aliphatic rings. The maximum absolute atomic E-state index is 13.1. The fraction of sp³-hybridized carbons (Fsp3) is 0.0833. The Labute approximate surface area is 191 Å². The van der Waals surface area contributed by atoms with Gasteiger partial charge in [0.1, 0.15) is 17.7 Å². The van der Waals surface area contributed by atoms with Crippen LogP contribution in [-0.2, 0) is 17.1 Å².